The Hall–Kier alpha value is -1.33. The zero-order valence-corrected chi connectivity index (χ0v) is 10.8. The third-order valence-electron chi connectivity index (χ3n) is 1.68. The van der Waals surface area contributed by atoms with Crippen LogP contribution < -0.4 is 5.32 Å². The highest BCUT2D eigenvalue weighted by molar-refractivity contribution is 5.80. The number of carboxylic acids is 1. The van der Waals surface area contributed by atoms with Gasteiger partial charge < -0.3 is 15.2 Å². The van der Waals surface area contributed by atoms with E-state index in [1.54, 1.807) is 20.8 Å². The molecule has 0 aromatic carbocycles. The van der Waals surface area contributed by atoms with Crippen LogP contribution in [0.15, 0.2) is 0 Å². The van der Waals surface area contributed by atoms with Crippen molar-refractivity contribution in [1.82, 2.24) is 5.32 Å². The number of rotatable bonds is 4. The van der Waals surface area contributed by atoms with E-state index in [1.165, 1.54) is 13.8 Å². The fraction of sp³-hybridized carbons (Fsp3) is 0.818. The molecular weight excluding hydrogens is 229 g/mol. The third-order valence-corrected chi connectivity index (χ3v) is 1.68. The van der Waals surface area contributed by atoms with Crippen LogP contribution in [-0.4, -0.2) is 34.5 Å². The minimum atomic E-state index is -1.68. The molecule has 6 heteroatoms. The summed E-state index contributed by atoms with van der Waals surface area (Å²) in [6.07, 6.45) is -1.18. The van der Waals surface area contributed by atoms with Crippen molar-refractivity contribution in [2.75, 3.05) is 0 Å². The molecule has 1 atom stereocenters. The lowest BCUT2D eigenvalue weighted by Gasteiger charge is -2.24. The van der Waals surface area contributed by atoms with Crippen LogP contribution in [-0.2, 0) is 9.53 Å². The second kappa shape index (κ2) is 5.33. The molecular formula is C11H20FNO4. The van der Waals surface area contributed by atoms with Crippen molar-refractivity contribution in [2.45, 2.75) is 58.4 Å². The Labute approximate surface area is 100 Å². The molecule has 0 aliphatic heterocycles. The maximum absolute atomic E-state index is 13.3. The van der Waals surface area contributed by atoms with Gasteiger partial charge in [0.05, 0.1) is 0 Å². The van der Waals surface area contributed by atoms with Gasteiger partial charge in [0.1, 0.15) is 17.3 Å². The van der Waals surface area contributed by atoms with E-state index in [2.05, 4.69) is 5.32 Å². The molecule has 100 valence electrons. The zero-order valence-electron chi connectivity index (χ0n) is 10.8. The molecule has 1 amide bonds. The normalized spacial score (nSPS) is 14.0. The van der Waals surface area contributed by atoms with Crippen molar-refractivity contribution in [1.29, 1.82) is 0 Å². The van der Waals surface area contributed by atoms with E-state index in [9.17, 15) is 14.0 Å². The molecule has 0 unspecified atom stereocenters. The minimum Gasteiger partial charge on any atom is -0.480 e. The predicted molar refractivity (Wildman–Crippen MR) is 60.6 cm³/mol. The number of nitrogens with one attached hydrogen (secondary N) is 1. The number of hydrogen-bond acceptors (Lipinski definition) is 3. The van der Waals surface area contributed by atoms with Crippen LogP contribution in [0, 0.1) is 0 Å². The second-order valence-electron chi connectivity index (χ2n) is 5.46. The predicted octanol–water partition coefficient (Wildman–Crippen LogP) is 2.10. The van der Waals surface area contributed by atoms with Crippen molar-refractivity contribution >= 4 is 12.1 Å². The highest BCUT2D eigenvalue weighted by Crippen LogP contribution is 2.17. The van der Waals surface area contributed by atoms with E-state index in [4.69, 9.17) is 9.84 Å². The molecule has 0 saturated heterocycles. The Balaban J connectivity index is 4.47. The van der Waals surface area contributed by atoms with Crippen LogP contribution in [0.5, 0.6) is 0 Å². The van der Waals surface area contributed by atoms with E-state index >= 15 is 0 Å². The van der Waals surface area contributed by atoms with E-state index in [1.807, 2.05) is 0 Å². The number of aliphatic carboxylic acids is 1. The van der Waals surface area contributed by atoms with Crippen LogP contribution in [0.2, 0.25) is 0 Å². The van der Waals surface area contributed by atoms with Crippen molar-refractivity contribution < 1.29 is 23.8 Å². The lowest BCUT2D eigenvalue weighted by molar-refractivity contribution is -0.140. The molecule has 0 aromatic heterocycles. The van der Waals surface area contributed by atoms with E-state index in [0.29, 0.717) is 0 Å². The van der Waals surface area contributed by atoms with Gasteiger partial charge in [-0.25, -0.2) is 14.0 Å². The minimum absolute atomic E-state index is 0.318. The maximum atomic E-state index is 13.3. The summed E-state index contributed by atoms with van der Waals surface area (Å²) < 4.78 is 18.2. The molecule has 0 spiro atoms. The Morgan fingerprint density at radius 2 is 1.76 bits per heavy atom. The van der Waals surface area contributed by atoms with Gasteiger partial charge in [-0.3, -0.25) is 0 Å². The van der Waals surface area contributed by atoms with Gasteiger partial charge >= 0.3 is 12.1 Å². The van der Waals surface area contributed by atoms with Gasteiger partial charge in [-0.2, -0.15) is 0 Å². The molecule has 0 radical (unpaired) electrons. The summed E-state index contributed by atoms with van der Waals surface area (Å²) in [6.45, 7) is 7.46. The molecule has 0 saturated carbocycles. The standard InChI is InChI=1S/C11H20FNO4/c1-10(2,3)17-9(16)13-7(8(14)15)6-11(4,5)12/h7H,6H2,1-5H3,(H,13,16)(H,14,15)/t7-/m1/s1. The second-order valence-corrected chi connectivity index (χ2v) is 5.46. The molecule has 0 aliphatic rings. The number of carboxylic acid groups (broad SMARTS) is 1. The summed E-state index contributed by atoms with van der Waals surface area (Å²) in [5.74, 6) is -1.29. The van der Waals surface area contributed by atoms with Crippen LogP contribution in [0.25, 0.3) is 0 Å². The van der Waals surface area contributed by atoms with Crippen LogP contribution in [0.3, 0.4) is 0 Å². The van der Waals surface area contributed by atoms with Gasteiger partial charge in [0.25, 0.3) is 0 Å². The summed E-state index contributed by atoms with van der Waals surface area (Å²) in [4.78, 5) is 22.2. The summed E-state index contributed by atoms with van der Waals surface area (Å²) in [6, 6.07) is -1.30. The molecule has 17 heavy (non-hydrogen) atoms. The molecule has 5 nitrogen and oxygen atoms in total. The molecule has 0 bridgehead atoms. The SMILES string of the molecule is CC(C)(F)C[C@@H](NC(=O)OC(C)(C)C)C(=O)O. The Morgan fingerprint density at radius 1 is 1.29 bits per heavy atom. The maximum Gasteiger partial charge on any atom is 0.408 e. The average Bonchev–Trinajstić information content (AvgIpc) is 1.95. The number of carbonyl (C=O) groups excluding carboxylic acids is 1. The lowest BCUT2D eigenvalue weighted by Crippen LogP contribution is -2.46. The smallest absolute Gasteiger partial charge is 0.408 e. The van der Waals surface area contributed by atoms with Crippen molar-refractivity contribution in [3.63, 3.8) is 0 Å². The Kier molecular flexibility index (Phi) is 4.92. The van der Waals surface area contributed by atoms with Gasteiger partial charge in [0.15, 0.2) is 0 Å². The Bertz CT molecular complexity index is 291. The van der Waals surface area contributed by atoms with Gasteiger partial charge in [-0.05, 0) is 34.6 Å². The molecule has 0 fully saturated rings. The first-order valence-electron chi connectivity index (χ1n) is 5.32. The van der Waals surface area contributed by atoms with Gasteiger partial charge in [-0.1, -0.05) is 0 Å². The third kappa shape index (κ3) is 8.47. The number of alkyl halides is 1. The fourth-order valence-electron chi connectivity index (χ4n) is 1.14. The first-order chi connectivity index (χ1) is 7.41. The van der Waals surface area contributed by atoms with Crippen molar-refractivity contribution in [3.8, 4) is 0 Å². The van der Waals surface area contributed by atoms with Crippen molar-refractivity contribution in [2.24, 2.45) is 0 Å². The first kappa shape index (κ1) is 15.7. The number of ether oxygens (including phenoxy) is 1. The quantitative estimate of drug-likeness (QED) is 0.800. The summed E-state index contributed by atoms with van der Waals surface area (Å²) in [5, 5.41) is 11.0. The van der Waals surface area contributed by atoms with Crippen LogP contribution >= 0.6 is 0 Å². The molecule has 0 heterocycles. The molecule has 0 aliphatic carbocycles. The summed E-state index contributed by atoms with van der Waals surface area (Å²) in [5.41, 5.74) is -2.41. The van der Waals surface area contributed by atoms with E-state index in [-0.39, 0.29) is 6.42 Å². The largest absolute Gasteiger partial charge is 0.480 e. The monoisotopic (exact) mass is 249 g/mol. The molecule has 0 aromatic rings. The summed E-state index contributed by atoms with van der Waals surface area (Å²) >= 11 is 0. The van der Waals surface area contributed by atoms with E-state index < -0.39 is 29.4 Å². The highest BCUT2D eigenvalue weighted by atomic mass is 19.1. The lowest BCUT2D eigenvalue weighted by atomic mass is 10.0. The Morgan fingerprint density at radius 3 is 2.06 bits per heavy atom. The van der Waals surface area contributed by atoms with Crippen LogP contribution in [0.4, 0.5) is 9.18 Å². The molecule has 0 rings (SSSR count). The number of alkyl carbamates (subject to hydrolysis) is 1. The topological polar surface area (TPSA) is 75.6 Å². The van der Waals surface area contributed by atoms with Gasteiger partial charge in [0.2, 0.25) is 0 Å². The number of halogens is 1. The van der Waals surface area contributed by atoms with Gasteiger partial charge in [-0.15, -0.1) is 0 Å². The number of hydrogen-bond donors (Lipinski definition) is 2. The fourth-order valence-corrected chi connectivity index (χ4v) is 1.14. The van der Waals surface area contributed by atoms with Crippen molar-refractivity contribution in [3.05, 3.63) is 0 Å². The number of carbonyl (C=O) groups is 2. The zero-order chi connectivity index (χ0) is 13.9. The number of amides is 1. The van der Waals surface area contributed by atoms with E-state index in [0.717, 1.165) is 0 Å². The van der Waals surface area contributed by atoms with Gasteiger partial charge in [0, 0.05) is 6.42 Å². The first-order valence-corrected chi connectivity index (χ1v) is 5.32. The average molecular weight is 249 g/mol. The van der Waals surface area contributed by atoms with Crippen LogP contribution in [0.1, 0.15) is 41.0 Å². The molecule has 2 N–H and O–H groups in total. The summed E-state index contributed by atoms with van der Waals surface area (Å²) in [7, 11) is 0. The highest BCUT2D eigenvalue weighted by Gasteiger charge is 2.30.